The average molecular weight is 546 g/mol. The molecule has 1 rings (SSSR count). The maximum atomic E-state index is 3.31. The molecule has 0 heterocycles. The zero-order valence-electron chi connectivity index (χ0n) is 24.9. The molecule has 0 amide bonds. The minimum atomic E-state index is 0. The predicted molar refractivity (Wildman–Crippen MR) is 155 cm³/mol. The van der Waals surface area contributed by atoms with E-state index in [4.69, 9.17) is 0 Å². The Morgan fingerprint density at radius 2 is 0.727 bits per heavy atom. The van der Waals surface area contributed by atoms with Gasteiger partial charge in [-0.15, -0.1) is 24.8 Å². The van der Waals surface area contributed by atoms with E-state index < -0.39 is 0 Å². The Morgan fingerprint density at radius 3 is 0.758 bits per heavy atom. The van der Waals surface area contributed by atoms with Gasteiger partial charge in [-0.3, -0.25) is 0 Å². The fourth-order valence-corrected chi connectivity index (χ4v) is 3.99. The van der Waals surface area contributed by atoms with Crippen LogP contribution in [-0.4, -0.2) is 36.3 Å². The minimum absolute atomic E-state index is 0. The first-order valence-electron chi connectivity index (χ1n) is 12.3. The van der Waals surface area contributed by atoms with Crippen molar-refractivity contribution in [1.82, 2.24) is 16.0 Å². The molecular formula is C27H60Cl2N3Ti. The van der Waals surface area contributed by atoms with E-state index in [1.54, 1.807) is 9.45 Å². The van der Waals surface area contributed by atoms with Gasteiger partial charge in [0.1, 0.15) is 0 Å². The summed E-state index contributed by atoms with van der Waals surface area (Å²) in [5, 5.41) is 9.92. The molecule has 33 heavy (non-hydrogen) atoms. The summed E-state index contributed by atoms with van der Waals surface area (Å²) in [7, 11) is 0. The van der Waals surface area contributed by atoms with Crippen molar-refractivity contribution in [2.45, 2.75) is 147 Å². The zero-order valence-corrected chi connectivity index (χ0v) is 28.1. The van der Waals surface area contributed by atoms with Gasteiger partial charge in [0.2, 0.25) is 0 Å². The second-order valence-electron chi connectivity index (χ2n) is 10.5. The van der Waals surface area contributed by atoms with Gasteiger partial charge in [0.25, 0.3) is 0 Å². The zero-order chi connectivity index (χ0) is 25.5. The van der Waals surface area contributed by atoms with Crippen LogP contribution in [-0.2, 0) is 20.4 Å². The third-order valence-electron chi connectivity index (χ3n) is 4.64. The second kappa shape index (κ2) is 24.4. The SMILES string of the molecule is CC(C)NC(C)C.CC(C)NC(C)C.CC(C)NC(C)C.CC1=C(C)C(C)[C]([Ti])=C1C.Cl.Cl. The van der Waals surface area contributed by atoms with E-state index in [-0.39, 0.29) is 24.8 Å². The normalized spacial score (nSPS) is 15.1. The number of hydrogen-bond acceptors (Lipinski definition) is 3. The van der Waals surface area contributed by atoms with Crippen LogP contribution in [0.15, 0.2) is 20.6 Å². The minimum Gasteiger partial charge on any atom is -0.147 e. The summed E-state index contributed by atoms with van der Waals surface area (Å²) in [5.74, 6) is 0.694. The second-order valence-corrected chi connectivity index (χ2v) is 11.3. The Labute approximate surface area is 233 Å². The molecule has 3 nitrogen and oxygen atoms in total. The molecular weight excluding hydrogens is 485 g/mol. The molecule has 0 aromatic rings. The van der Waals surface area contributed by atoms with E-state index in [0.29, 0.717) is 42.2 Å². The molecule has 0 saturated heterocycles. The van der Waals surface area contributed by atoms with Crippen LogP contribution in [0.5, 0.6) is 0 Å². The molecule has 0 radical (unpaired) electrons. The Bertz CT molecular complexity index is 436. The number of allylic oxidation sites excluding steroid dienone is 4. The molecule has 1 atom stereocenters. The van der Waals surface area contributed by atoms with E-state index >= 15 is 0 Å². The van der Waals surface area contributed by atoms with E-state index in [1.165, 1.54) is 11.1 Å². The van der Waals surface area contributed by atoms with Crippen LogP contribution in [0.2, 0.25) is 0 Å². The number of halogens is 2. The Kier molecular flexibility index (Phi) is 32.3. The van der Waals surface area contributed by atoms with Gasteiger partial charge in [0.05, 0.1) is 0 Å². The van der Waals surface area contributed by atoms with Gasteiger partial charge in [-0.05, 0) is 0 Å². The van der Waals surface area contributed by atoms with Crippen LogP contribution >= 0.6 is 24.8 Å². The summed E-state index contributed by atoms with van der Waals surface area (Å²) in [6.45, 7) is 34.8. The number of rotatable bonds is 6. The standard InChI is InChI=1S/C9H13.3C6H15N.2ClH.Ti/c1-6-5-7(2)9(4)8(6)3;3*1-5(2)7-6(3)4;;;/h6H,1-4H3;3*5-7H,1-4H3;2*1H;. The molecule has 1 aliphatic carbocycles. The molecule has 201 valence electrons. The van der Waals surface area contributed by atoms with Crippen LogP contribution in [0, 0.1) is 5.92 Å². The third-order valence-corrected chi connectivity index (χ3v) is 5.90. The molecule has 0 aliphatic heterocycles. The van der Waals surface area contributed by atoms with E-state index in [9.17, 15) is 0 Å². The third kappa shape index (κ3) is 28.8. The first-order chi connectivity index (χ1) is 13.9. The molecule has 0 aromatic carbocycles. The van der Waals surface area contributed by atoms with Crippen molar-refractivity contribution >= 4 is 24.8 Å². The predicted octanol–water partition coefficient (Wildman–Crippen LogP) is 7.82. The maximum Gasteiger partial charge on any atom is -0.147 e. The molecule has 0 fully saturated rings. The summed E-state index contributed by atoms with van der Waals surface area (Å²) in [5.41, 5.74) is 4.56. The van der Waals surface area contributed by atoms with E-state index in [1.807, 2.05) is 0 Å². The van der Waals surface area contributed by atoms with Crippen molar-refractivity contribution in [3.05, 3.63) is 20.6 Å². The van der Waals surface area contributed by atoms with Crippen LogP contribution in [0.25, 0.3) is 0 Å². The summed E-state index contributed by atoms with van der Waals surface area (Å²) >= 11 is 2.24. The van der Waals surface area contributed by atoms with Gasteiger partial charge in [-0.1, -0.05) is 83.1 Å². The molecule has 0 spiro atoms. The largest absolute Gasteiger partial charge is 0.147 e. The van der Waals surface area contributed by atoms with Crippen LogP contribution in [0.1, 0.15) is 111 Å². The summed E-state index contributed by atoms with van der Waals surface area (Å²) in [4.78, 5) is 0. The average Bonchev–Trinajstić information content (AvgIpc) is 2.71. The summed E-state index contributed by atoms with van der Waals surface area (Å²) in [6, 6.07) is 3.75. The number of nitrogens with one attached hydrogen (secondary N) is 3. The van der Waals surface area contributed by atoms with Crippen molar-refractivity contribution in [3.63, 3.8) is 0 Å². The molecule has 0 aromatic heterocycles. The van der Waals surface area contributed by atoms with Crippen molar-refractivity contribution in [1.29, 1.82) is 0 Å². The Morgan fingerprint density at radius 1 is 0.515 bits per heavy atom. The van der Waals surface area contributed by atoms with Crippen molar-refractivity contribution in [3.8, 4) is 0 Å². The van der Waals surface area contributed by atoms with Gasteiger partial charge in [-0.25, -0.2) is 0 Å². The van der Waals surface area contributed by atoms with Gasteiger partial charge in [-0.2, -0.15) is 0 Å². The van der Waals surface area contributed by atoms with Crippen molar-refractivity contribution in [2.24, 2.45) is 5.92 Å². The van der Waals surface area contributed by atoms with Crippen LogP contribution < -0.4 is 16.0 Å². The first kappa shape index (κ1) is 43.7. The van der Waals surface area contributed by atoms with Crippen LogP contribution in [0.3, 0.4) is 0 Å². The van der Waals surface area contributed by atoms with Crippen molar-refractivity contribution in [2.75, 3.05) is 0 Å². The molecule has 6 heteroatoms. The number of hydrogen-bond donors (Lipinski definition) is 3. The van der Waals surface area contributed by atoms with Crippen molar-refractivity contribution < 1.29 is 20.4 Å². The van der Waals surface area contributed by atoms with E-state index in [2.05, 4.69) is 147 Å². The molecule has 3 N–H and O–H groups in total. The Balaban J connectivity index is -0.000000105. The fraction of sp³-hybridized carbons (Fsp3) is 0.852. The molecule has 1 unspecified atom stereocenters. The van der Waals surface area contributed by atoms with Gasteiger partial charge in [0, 0.05) is 36.3 Å². The summed E-state index contributed by atoms with van der Waals surface area (Å²) < 4.78 is 1.55. The first-order valence-corrected chi connectivity index (χ1v) is 13.1. The van der Waals surface area contributed by atoms with Gasteiger partial charge in [0.15, 0.2) is 0 Å². The summed E-state index contributed by atoms with van der Waals surface area (Å²) in [6.07, 6.45) is 0. The maximum absolute atomic E-state index is 3.31. The van der Waals surface area contributed by atoms with Gasteiger partial charge >= 0.3 is 74.6 Å². The fourth-order valence-electron chi connectivity index (χ4n) is 3.36. The quantitative estimate of drug-likeness (QED) is 0.298. The van der Waals surface area contributed by atoms with Gasteiger partial charge < -0.3 is 16.0 Å². The molecule has 1 aliphatic rings. The smallest absolute Gasteiger partial charge is 0.147 e. The molecule has 0 saturated carbocycles. The van der Waals surface area contributed by atoms with E-state index in [0.717, 1.165) is 0 Å². The Hall–Kier alpha value is 0.654. The monoisotopic (exact) mass is 544 g/mol. The van der Waals surface area contributed by atoms with Crippen LogP contribution in [0.4, 0.5) is 0 Å². The molecule has 0 bridgehead atoms. The topological polar surface area (TPSA) is 36.1 Å².